The smallest absolute Gasteiger partial charge is 0.315 e. The van der Waals surface area contributed by atoms with E-state index in [0.717, 1.165) is 0 Å². The molecule has 0 radical (unpaired) electrons. The maximum absolute atomic E-state index is 11.5. The third-order valence-corrected chi connectivity index (χ3v) is 3.19. The number of nitrogens with two attached hydrogens (primary N) is 1. The molecule has 5 N–H and O–H groups in total. The molecule has 0 heterocycles. The number of carboxylic acid groups (broad SMARTS) is 1. The van der Waals surface area contributed by atoms with E-state index < -0.39 is 23.9 Å². The molecule has 0 aromatic heterocycles. The number of carbonyl (C=O) groups excluding carboxylic acids is 2. The molecule has 0 bridgehead atoms. The third-order valence-electron chi connectivity index (χ3n) is 3.19. The standard InChI is InChI=1S/C11H19N3O4/c1-6(9(12)15)13-11(18)14-8-4-2-7(3-5-8)10(16)17/h6-8H,2-5H2,1H3,(H2,12,15)(H,16,17)(H2,13,14,18). The number of hydrogen-bond donors (Lipinski definition) is 4. The minimum Gasteiger partial charge on any atom is -0.481 e. The van der Waals surface area contributed by atoms with Crippen molar-refractivity contribution < 1.29 is 19.5 Å². The van der Waals surface area contributed by atoms with Crippen LogP contribution in [0, 0.1) is 5.92 Å². The van der Waals surface area contributed by atoms with Crippen molar-refractivity contribution in [3.63, 3.8) is 0 Å². The molecule has 7 heteroatoms. The first kappa shape index (κ1) is 14.3. The van der Waals surface area contributed by atoms with E-state index in [1.165, 1.54) is 6.92 Å². The van der Waals surface area contributed by atoms with E-state index in [9.17, 15) is 14.4 Å². The molecule has 0 spiro atoms. The number of aliphatic carboxylic acids is 1. The van der Waals surface area contributed by atoms with Crippen LogP contribution in [0.5, 0.6) is 0 Å². The molecule has 102 valence electrons. The molecule has 1 aliphatic rings. The molecule has 1 rings (SSSR count). The molecule has 0 aliphatic heterocycles. The maximum atomic E-state index is 11.5. The number of primary amides is 1. The van der Waals surface area contributed by atoms with Crippen molar-refractivity contribution in [1.29, 1.82) is 0 Å². The summed E-state index contributed by atoms with van der Waals surface area (Å²) >= 11 is 0. The van der Waals surface area contributed by atoms with Crippen molar-refractivity contribution in [2.45, 2.75) is 44.7 Å². The number of urea groups is 1. The van der Waals surface area contributed by atoms with Gasteiger partial charge in [0.2, 0.25) is 5.91 Å². The van der Waals surface area contributed by atoms with Gasteiger partial charge in [0.1, 0.15) is 6.04 Å². The second-order valence-corrected chi connectivity index (χ2v) is 4.63. The van der Waals surface area contributed by atoms with Crippen molar-refractivity contribution in [1.82, 2.24) is 10.6 Å². The topological polar surface area (TPSA) is 122 Å². The lowest BCUT2D eigenvalue weighted by atomic mass is 9.86. The van der Waals surface area contributed by atoms with Gasteiger partial charge < -0.3 is 21.5 Å². The maximum Gasteiger partial charge on any atom is 0.315 e. The fourth-order valence-electron chi connectivity index (χ4n) is 1.98. The normalized spacial score (nSPS) is 24.9. The number of rotatable bonds is 4. The molecule has 7 nitrogen and oxygen atoms in total. The molecular formula is C11H19N3O4. The summed E-state index contributed by atoms with van der Waals surface area (Å²) in [6.45, 7) is 1.50. The van der Waals surface area contributed by atoms with Crippen LogP contribution >= 0.6 is 0 Å². The van der Waals surface area contributed by atoms with Gasteiger partial charge in [-0.3, -0.25) is 9.59 Å². The van der Waals surface area contributed by atoms with Crippen LogP contribution in [0.3, 0.4) is 0 Å². The fraction of sp³-hybridized carbons (Fsp3) is 0.727. The summed E-state index contributed by atoms with van der Waals surface area (Å²) in [6.07, 6.45) is 2.39. The Morgan fingerprint density at radius 1 is 1.22 bits per heavy atom. The second-order valence-electron chi connectivity index (χ2n) is 4.63. The first-order valence-corrected chi connectivity index (χ1v) is 5.99. The first-order chi connectivity index (χ1) is 8.40. The van der Waals surface area contributed by atoms with Crippen LogP contribution in [-0.4, -0.2) is 35.1 Å². The Hall–Kier alpha value is -1.79. The average molecular weight is 257 g/mol. The van der Waals surface area contributed by atoms with E-state index in [1.807, 2.05) is 0 Å². The Bertz CT molecular complexity index is 337. The quantitative estimate of drug-likeness (QED) is 0.557. The SMILES string of the molecule is CC(NC(=O)NC1CCC(C(=O)O)CC1)C(N)=O. The van der Waals surface area contributed by atoms with Crippen LogP contribution in [0.4, 0.5) is 4.79 Å². The fourth-order valence-corrected chi connectivity index (χ4v) is 1.98. The Labute approximate surface area is 105 Å². The highest BCUT2D eigenvalue weighted by atomic mass is 16.4. The predicted molar refractivity (Wildman–Crippen MR) is 63.7 cm³/mol. The minimum atomic E-state index is -0.778. The van der Waals surface area contributed by atoms with Gasteiger partial charge in [-0.15, -0.1) is 0 Å². The second kappa shape index (κ2) is 6.23. The van der Waals surface area contributed by atoms with Crippen LogP contribution in [-0.2, 0) is 9.59 Å². The van der Waals surface area contributed by atoms with E-state index >= 15 is 0 Å². The Morgan fingerprint density at radius 3 is 2.22 bits per heavy atom. The highest BCUT2D eigenvalue weighted by Gasteiger charge is 2.27. The summed E-state index contributed by atoms with van der Waals surface area (Å²) in [5.74, 6) is -1.68. The molecule has 1 atom stereocenters. The Kier molecular flexibility index (Phi) is 4.94. The van der Waals surface area contributed by atoms with Crippen LogP contribution in [0.15, 0.2) is 0 Å². The molecule has 18 heavy (non-hydrogen) atoms. The van der Waals surface area contributed by atoms with E-state index in [0.29, 0.717) is 25.7 Å². The van der Waals surface area contributed by atoms with Crippen molar-refractivity contribution in [3.05, 3.63) is 0 Å². The van der Waals surface area contributed by atoms with Crippen LogP contribution in [0.25, 0.3) is 0 Å². The number of carboxylic acids is 1. The van der Waals surface area contributed by atoms with Crippen molar-refractivity contribution in [3.8, 4) is 0 Å². The molecule has 0 aromatic carbocycles. The lowest BCUT2D eigenvalue weighted by molar-refractivity contribution is -0.142. The summed E-state index contributed by atoms with van der Waals surface area (Å²) in [5.41, 5.74) is 5.02. The average Bonchev–Trinajstić information content (AvgIpc) is 2.29. The van der Waals surface area contributed by atoms with Crippen LogP contribution in [0.2, 0.25) is 0 Å². The van der Waals surface area contributed by atoms with E-state index in [2.05, 4.69) is 10.6 Å². The third kappa shape index (κ3) is 4.23. The Balaban J connectivity index is 2.30. The lowest BCUT2D eigenvalue weighted by Crippen LogP contribution is -2.50. The zero-order chi connectivity index (χ0) is 13.7. The van der Waals surface area contributed by atoms with Crippen molar-refractivity contribution >= 4 is 17.9 Å². The van der Waals surface area contributed by atoms with Crippen molar-refractivity contribution in [2.24, 2.45) is 11.7 Å². The van der Waals surface area contributed by atoms with E-state index in [-0.39, 0.29) is 12.0 Å². The summed E-state index contributed by atoms with van der Waals surface area (Å²) in [6, 6.07) is -1.21. The van der Waals surface area contributed by atoms with E-state index in [4.69, 9.17) is 10.8 Å². The number of hydrogen-bond acceptors (Lipinski definition) is 3. The van der Waals surface area contributed by atoms with Gasteiger partial charge in [-0.2, -0.15) is 0 Å². The zero-order valence-corrected chi connectivity index (χ0v) is 10.3. The molecule has 1 saturated carbocycles. The van der Waals surface area contributed by atoms with Gasteiger partial charge in [0.15, 0.2) is 0 Å². The van der Waals surface area contributed by atoms with Gasteiger partial charge in [-0.05, 0) is 32.6 Å². The van der Waals surface area contributed by atoms with Gasteiger partial charge in [-0.25, -0.2) is 4.79 Å². The molecule has 0 saturated heterocycles. The molecule has 1 unspecified atom stereocenters. The molecule has 1 fully saturated rings. The summed E-state index contributed by atoms with van der Waals surface area (Å²) in [5, 5.41) is 14.0. The van der Waals surface area contributed by atoms with E-state index in [1.54, 1.807) is 0 Å². The highest BCUT2D eigenvalue weighted by molar-refractivity contribution is 5.85. The summed E-state index contributed by atoms with van der Waals surface area (Å²) in [4.78, 5) is 33.0. The van der Waals surface area contributed by atoms with Crippen LogP contribution in [0.1, 0.15) is 32.6 Å². The summed E-state index contributed by atoms with van der Waals surface area (Å²) in [7, 11) is 0. The van der Waals surface area contributed by atoms with Crippen LogP contribution < -0.4 is 16.4 Å². The number of amides is 3. The van der Waals surface area contributed by atoms with Gasteiger partial charge >= 0.3 is 12.0 Å². The number of carbonyl (C=O) groups is 3. The molecule has 0 aromatic rings. The van der Waals surface area contributed by atoms with Gasteiger partial charge in [0.25, 0.3) is 0 Å². The zero-order valence-electron chi connectivity index (χ0n) is 10.3. The minimum absolute atomic E-state index is 0.0410. The lowest BCUT2D eigenvalue weighted by Gasteiger charge is -2.27. The van der Waals surface area contributed by atoms with Crippen molar-refractivity contribution in [2.75, 3.05) is 0 Å². The Morgan fingerprint density at radius 2 is 1.78 bits per heavy atom. The highest BCUT2D eigenvalue weighted by Crippen LogP contribution is 2.24. The molecular weight excluding hydrogens is 238 g/mol. The predicted octanol–water partition coefficient (Wildman–Crippen LogP) is -0.197. The largest absolute Gasteiger partial charge is 0.481 e. The first-order valence-electron chi connectivity index (χ1n) is 5.99. The van der Waals surface area contributed by atoms with Gasteiger partial charge in [-0.1, -0.05) is 0 Å². The molecule has 3 amide bonds. The van der Waals surface area contributed by atoms with Gasteiger partial charge in [0.05, 0.1) is 5.92 Å². The summed E-state index contributed by atoms with van der Waals surface area (Å²) < 4.78 is 0. The number of nitrogens with one attached hydrogen (secondary N) is 2. The van der Waals surface area contributed by atoms with Gasteiger partial charge in [0, 0.05) is 6.04 Å². The monoisotopic (exact) mass is 257 g/mol. The molecule has 1 aliphatic carbocycles.